The first-order chi connectivity index (χ1) is 10.4. The molecule has 1 aliphatic carbocycles. The zero-order chi connectivity index (χ0) is 14.1. The van der Waals surface area contributed by atoms with Crippen LogP contribution in [-0.2, 0) is 11.3 Å². The van der Waals surface area contributed by atoms with E-state index in [1.165, 1.54) is 4.91 Å². The summed E-state index contributed by atoms with van der Waals surface area (Å²) in [6, 6.07) is 10.1. The van der Waals surface area contributed by atoms with E-state index in [2.05, 4.69) is 28.2 Å². The number of ether oxygens (including phenoxy) is 1. The molecule has 1 atom stereocenters. The summed E-state index contributed by atoms with van der Waals surface area (Å²) in [5.74, 6) is 0.692. The molecule has 0 saturated carbocycles. The summed E-state index contributed by atoms with van der Waals surface area (Å²) in [7, 11) is 0. The topological polar surface area (TPSA) is 34.0 Å². The van der Waals surface area contributed by atoms with E-state index < -0.39 is 0 Å². The number of hydrogen-bond donors (Lipinski definition) is 0. The van der Waals surface area contributed by atoms with Crippen molar-refractivity contribution in [3.63, 3.8) is 0 Å². The van der Waals surface area contributed by atoms with Crippen molar-refractivity contribution >= 4 is 23.0 Å². The van der Waals surface area contributed by atoms with Crippen molar-refractivity contribution in [2.45, 2.75) is 18.6 Å². The second-order valence-corrected chi connectivity index (χ2v) is 6.01. The number of hydrogen-bond acceptors (Lipinski definition) is 4. The van der Waals surface area contributed by atoms with Crippen LogP contribution in [0.2, 0.25) is 0 Å². The molecule has 21 heavy (non-hydrogen) atoms. The molecule has 0 saturated heterocycles. The highest BCUT2D eigenvalue weighted by Crippen LogP contribution is 2.44. The molecule has 1 aromatic carbocycles. The van der Waals surface area contributed by atoms with Gasteiger partial charge < -0.3 is 4.74 Å². The first-order valence-electron chi connectivity index (χ1n) is 6.92. The summed E-state index contributed by atoms with van der Waals surface area (Å²) in [6.07, 6.45) is 9.05. The van der Waals surface area contributed by atoms with Gasteiger partial charge in [-0.25, -0.2) is 4.99 Å². The van der Waals surface area contributed by atoms with Crippen LogP contribution in [0.1, 0.15) is 12.0 Å². The van der Waals surface area contributed by atoms with E-state index in [-0.39, 0.29) is 5.54 Å². The number of allylic oxidation sites excluding steroid dienone is 2. The Balaban J connectivity index is 1.53. The van der Waals surface area contributed by atoms with Gasteiger partial charge >= 0.3 is 0 Å². The summed E-state index contributed by atoms with van der Waals surface area (Å²) in [6.45, 7) is 0.543. The molecular weight excluding hydrogens is 280 g/mol. The fraction of sp³-hybridized carbons (Fsp3) is 0.176. The fourth-order valence-electron chi connectivity index (χ4n) is 2.68. The van der Waals surface area contributed by atoms with Crippen molar-refractivity contribution < 1.29 is 4.74 Å². The van der Waals surface area contributed by atoms with Crippen molar-refractivity contribution in [2.75, 3.05) is 0 Å². The maximum Gasteiger partial charge on any atom is 0.209 e. The quantitative estimate of drug-likeness (QED) is 0.848. The average molecular weight is 294 g/mol. The third kappa shape index (κ3) is 2.16. The van der Waals surface area contributed by atoms with Crippen molar-refractivity contribution in [2.24, 2.45) is 9.98 Å². The molecule has 1 unspecified atom stereocenters. The van der Waals surface area contributed by atoms with Crippen molar-refractivity contribution in [1.29, 1.82) is 0 Å². The summed E-state index contributed by atoms with van der Waals surface area (Å²) in [4.78, 5) is 10.6. The van der Waals surface area contributed by atoms with Gasteiger partial charge in [-0.2, -0.15) is 0 Å². The predicted molar refractivity (Wildman–Crippen MR) is 87.4 cm³/mol. The van der Waals surface area contributed by atoms with Gasteiger partial charge in [-0.1, -0.05) is 48.2 Å². The predicted octanol–water partition coefficient (Wildman–Crippen LogP) is 3.86. The Labute approximate surface area is 127 Å². The van der Waals surface area contributed by atoms with E-state index in [1.807, 2.05) is 42.0 Å². The van der Waals surface area contributed by atoms with Gasteiger partial charge in [0.15, 0.2) is 0 Å². The van der Waals surface area contributed by atoms with Crippen molar-refractivity contribution in [1.82, 2.24) is 0 Å². The standard InChI is InChI=1S/C17H14N2OS/c1-2-5-13(6-3-1)11-20-16-9-10-17-14(19-16)7-4-8-15(17)21-12-18-17/h1-9,12H,10-11H2. The van der Waals surface area contributed by atoms with E-state index in [1.54, 1.807) is 11.8 Å². The lowest BCUT2D eigenvalue weighted by Crippen LogP contribution is -2.37. The van der Waals surface area contributed by atoms with Crippen molar-refractivity contribution in [3.8, 4) is 0 Å². The maximum absolute atomic E-state index is 5.82. The van der Waals surface area contributed by atoms with Crippen LogP contribution in [0.3, 0.4) is 0 Å². The molecule has 104 valence electrons. The zero-order valence-corrected chi connectivity index (χ0v) is 12.2. The molecule has 1 spiro atoms. The Hall–Kier alpha value is -2.07. The van der Waals surface area contributed by atoms with E-state index in [0.717, 1.165) is 17.7 Å². The van der Waals surface area contributed by atoms with E-state index in [4.69, 9.17) is 4.74 Å². The largest absolute Gasteiger partial charge is 0.473 e. The van der Waals surface area contributed by atoms with Gasteiger partial charge in [0.25, 0.3) is 0 Å². The van der Waals surface area contributed by atoms with Crippen LogP contribution < -0.4 is 0 Å². The van der Waals surface area contributed by atoms with Crippen LogP contribution in [0.4, 0.5) is 0 Å². The Bertz CT molecular complexity index is 716. The highest BCUT2D eigenvalue weighted by Gasteiger charge is 2.43. The zero-order valence-electron chi connectivity index (χ0n) is 11.4. The molecule has 2 aliphatic heterocycles. The minimum Gasteiger partial charge on any atom is -0.473 e. The average Bonchev–Trinajstić information content (AvgIpc) is 2.96. The molecular formula is C17H14N2OS. The van der Waals surface area contributed by atoms with Gasteiger partial charge in [0, 0.05) is 11.3 Å². The number of aliphatic imine (C=N–C) groups is 2. The molecule has 0 N–H and O–H groups in total. The minimum atomic E-state index is -0.279. The van der Waals surface area contributed by atoms with E-state index >= 15 is 0 Å². The molecule has 0 fully saturated rings. The molecule has 0 amide bonds. The summed E-state index contributed by atoms with van der Waals surface area (Å²) >= 11 is 1.68. The number of nitrogens with zero attached hydrogens (tertiary/aromatic N) is 2. The molecule has 0 radical (unpaired) electrons. The third-order valence-corrected chi connectivity index (χ3v) is 4.76. The van der Waals surface area contributed by atoms with Gasteiger partial charge in [-0.3, -0.25) is 4.99 Å². The molecule has 0 bridgehead atoms. The lowest BCUT2D eigenvalue weighted by Gasteiger charge is -2.31. The molecule has 1 aromatic rings. The number of benzene rings is 1. The van der Waals surface area contributed by atoms with Gasteiger partial charge in [0.1, 0.15) is 12.1 Å². The van der Waals surface area contributed by atoms with Crippen molar-refractivity contribution in [3.05, 3.63) is 71.0 Å². The first-order valence-corrected chi connectivity index (χ1v) is 7.80. The Morgan fingerprint density at radius 3 is 3.05 bits per heavy atom. The summed E-state index contributed by atoms with van der Waals surface area (Å²) < 4.78 is 5.82. The summed E-state index contributed by atoms with van der Waals surface area (Å²) in [5, 5.41) is 0. The third-order valence-electron chi connectivity index (χ3n) is 3.82. The van der Waals surface area contributed by atoms with Crippen LogP contribution in [-0.4, -0.2) is 16.8 Å². The van der Waals surface area contributed by atoms with Gasteiger partial charge in [-0.05, 0) is 23.8 Å². The second kappa shape index (κ2) is 5.04. The lowest BCUT2D eigenvalue weighted by molar-refractivity contribution is 0.193. The fourth-order valence-corrected chi connectivity index (χ4v) is 3.62. The monoisotopic (exact) mass is 294 g/mol. The number of thioether (sulfide) groups is 1. The maximum atomic E-state index is 5.82. The lowest BCUT2D eigenvalue weighted by atomic mass is 9.84. The SMILES string of the molecule is C1=CC2=NC(OCc3ccccc3)=CCC23N=CSC3=C1. The molecule has 3 nitrogen and oxygen atoms in total. The van der Waals surface area contributed by atoms with Gasteiger partial charge in [-0.15, -0.1) is 0 Å². The first kappa shape index (κ1) is 12.7. The highest BCUT2D eigenvalue weighted by molar-refractivity contribution is 8.15. The molecule has 2 heterocycles. The molecule has 0 aromatic heterocycles. The van der Waals surface area contributed by atoms with Crippen LogP contribution >= 0.6 is 11.8 Å². The second-order valence-electron chi connectivity index (χ2n) is 5.12. The smallest absolute Gasteiger partial charge is 0.209 e. The molecule has 4 heteroatoms. The highest BCUT2D eigenvalue weighted by atomic mass is 32.2. The van der Waals surface area contributed by atoms with Crippen LogP contribution in [0.25, 0.3) is 0 Å². The Morgan fingerprint density at radius 2 is 2.14 bits per heavy atom. The molecule has 4 rings (SSSR count). The molecule has 3 aliphatic rings. The Kier molecular flexibility index (Phi) is 3.04. The van der Waals surface area contributed by atoms with E-state index in [9.17, 15) is 0 Å². The minimum absolute atomic E-state index is 0.279. The van der Waals surface area contributed by atoms with Crippen LogP contribution in [0.5, 0.6) is 0 Å². The summed E-state index contributed by atoms with van der Waals surface area (Å²) in [5.41, 5.74) is 3.76. The number of rotatable bonds is 3. The van der Waals surface area contributed by atoms with Crippen LogP contribution in [0, 0.1) is 0 Å². The van der Waals surface area contributed by atoms with Gasteiger partial charge in [0.2, 0.25) is 5.88 Å². The normalized spacial score (nSPS) is 25.6. The van der Waals surface area contributed by atoms with Gasteiger partial charge in [0.05, 0.1) is 11.3 Å². The van der Waals surface area contributed by atoms with Crippen LogP contribution in [0.15, 0.2) is 75.4 Å². The Morgan fingerprint density at radius 1 is 1.24 bits per heavy atom. The van der Waals surface area contributed by atoms with E-state index in [0.29, 0.717) is 12.5 Å².